The molecule has 1 aromatic carbocycles. The molecule has 1 heterocycles. The summed E-state index contributed by atoms with van der Waals surface area (Å²) < 4.78 is 5.36. The van der Waals surface area contributed by atoms with Crippen molar-refractivity contribution in [2.24, 2.45) is 0 Å². The van der Waals surface area contributed by atoms with Crippen LogP contribution in [0.4, 0.5) is 5.69 Å². The Morgan fingerprint density at radius 2 is 2.05 bits per heavy atom. The van der Waals surface area contributed by atoms with Crippen LogP contribution in [0.25, 0.3) is 0 Å². The van der Waals surface area contributed by atoms with Crippen molar-refractivity contribution in [2.75, 3.05) is 32.8 Å². The third-order valence-electron chi connectivity index (χ3n) is 3.11. The van der Waals surface area contributed by atoms with Crippen molar-refractivity contribution in [3.8, 4) is 5.75 Å². The molecular weight excluding hydrogens is 262 g/mol. The lowest BCUT2D eigenvalue weighted by Gasteiger charge is -2.27. The predicted octanol–water partition coefficient (Wildman–Crippen LogP) is 0.795. The SMILES string of the molecule is O=C(CCOc1ccccc1[N+](=O)[O-])N1CCNCC1. The maximum atomic E-state index is 11.9. The van der Waals surface area contributed by atoms with Crippen LogP contribution in [0, 0.1) is 10.1 Å². The number of nitro benzene ring substituents is 1. The number of nitro groups is 1. The van der Waals surface area contributed by atoms with Crippen molar-refractivity contribution in [3.05, 3.63) is 34.4 Å². The highest BCUT2D eigenvalue weighted by atomic mass is 16.6. The number of para-hydroxylation sites is 2. The minimum atomic E-state index is -0.493. The molecule has 0 spiro atoms. The summed E-state index contributed by atoms with van der Waals surface area (Å²) in [4.78, 5) is 24.0. The van der Waals surface area contributed by atoms with Gasteiger partial charge in [0.15, 0.2) is 5.75 Å². The van der Waals surface area contributed by atoms with E-state index in [9.17, 15) is 14.9 Å². The molecule has 20 heavy (non-hydrogen) atoms. The van der Waals surface area contributed by atoms with Crippen LogP contribution in [0.3, 0.4) is 0 Å². The molecule has 1 amide bonds. The molecule has 0 aromatic heterocycles. The van der Waals surface area contributed by atoms with Crippen LogP contribution < -0.4 is 10.1 Å². The summed E-state index contributed by atoms with van der Waals surface area (Å²) in [5, 5.41) is 14.0. The molecule has 0 atom stereocenters. The van der Waals surface area contributed by atoms with Crippen LogP contribution in [0.2, 0.25) is 0 Å². The van der Waals surface area contributed by atoms with E-state index in [4.69, 9.17) is 4.74 Å². The molecule has 7 heteroatoms. The van der Waals surface area contributed by atoms with E-state index in [2.05, 4.69) is 5.32 Å². The molecule has 1 saturated heterocycles. The lowest BCUT2D eigenvalue weighted by molar-refractivity contribution is -0.385. The first-order valence-electron chi connectivity index (χ1n) is 6.53. The van der Waals surface area contributed by atoms with Crippen LogP contribution in [0.15, 0.2) is 24.3 Å². The molecule has 0 unspecified atom stereocenters. The van der Waals surface area contributed by atoms with E-state index in [1.165, 1.54) is 12.1 Å². The first-order chi connectivity index (χ1) is 9.68. The Labute approximate surface area is 116 Å². The fraction of sp³-hybridized carbons (Fsp3) is 0.462. The molecule has 2 rings (SSSR count). The lowest BCUT2D eigenvalue weighted by atomic mass is 10.3. The molecule has 7 nitrogen and oxygen atoms in total. The zero-order valence-electron chi connectivity index (χ0n) is 11.1. The highest BCUT2D eigenvalue weighted by molar-refractivity contribution is 5.76. The van der Waals surface area contributed by atoms with E-state index < -0.39 is 4.92 Å². The average Bonchev–Trinajstić information content (AvgIpc) is 2.48. The van der Waals surface area contributed by atoms with Gasteiger partial charge in [0.2, 0.25) is 5.91 Å². The Morgan fingerprint density at radius 3 is 2.75 bits per heavy atom. The van der Waals surface area contributed by atoms with E-state index in [1.807, 2.05) is 0 Å². The Morgan fingerprint density at radius 1 is 1.35 bits per heavy atom. The molecule has 0 bridgehead atoms. The molecule has 1 fully saturated rings. The number of nitrogens with zero attached hydrogens (tertiary/aromatic N) is 2. The summed E-state index contributed by atoms with van der Waals surface area (Å²) in [5.74, 6) is 0.218. The van der Waals surface area contributed by atoms with Gasteiger partial charge in [-0.2, -0.15) is 0 Å². The standard InChI is InChI=1S/C13H17N3O4/c17-13(15-8-6-14-7-9-15)5-10-20-12-4-2-1-3-11(12)16(18)19/h1-4,14H,5-10H2. The van der Waals surface area contributed by atoms with Gasteiger partial charge in [-0.25, -0.2) is 0 Å². The Hall–Kier alpha value is -2.15. The summed E-state index contributed by atoms with van der Waals surface area (Å²) in [6.07, 6.45) is 0.228. The fourth-order valence-electron chi connectivity index (χ4n) is 2.05. The molecule has 108 valence electrons. The topological polar surface area (TPSA) is 84.7 Å². The highest BCUT2D eigenvalue weighted by Crippen LogP contribution is 2.25. The normalized spacial score (nSPS) is 14.9. The molecule has 1 aliphatic rings. The molecule has 1 aliphatic heterocycles. The van der Waals surface area contributed by atoms with Crippen molar-refractivity contribution in [1.29, 1.82) is 0 Å². The average molecular weight is 279 g/mol. The molecule has 0 saturated carbocycles. The van der Waals surface area contributed by atoms with Gasteiger partial charge in [-0.05, 0) is 6.07 Å². The van der Waals surface area contributed by atoms with E-state index in [0.717, 1.165) is 13.1 Å². The predicted molar refractivity (Wildman–Crippen MR) is 72.7 cm³/mol. The van der Waals surface area contributed by atoms with Crippen LogP contribution in [0.5, 0.6) is 5.75 Å². The van der Waals surface area contributed by atoms with Crippen molar-refractivity contribution in [2.45, 2.75) is 6.42 Å². The first kappa shape index (κ1) is 14.3. The van der Waals surface area contributed by atoms with Crippen LogP contribution in [-0.2, 0) is 4.79 Å². The minimum Gasteiger partial charge on any atom is -0.486 e. The minimum absolute atomic E-state index is 0.0186. The highest BCUT2D eigenvalue weighted by Gasteiger charge is 2.17. The van der Waals surface area contributed by atoms with Crippen LogP contribution >= 0.6 is 0 Å². The van der Waals surface area contributed by atoms with Gasteiger partial charge in [0, 0.05) is 32.2 Å². The van der Waals surface area contributed by atoms with E-state index >= 15 is 0 Å². The maximum absolute atomic E-state index is 11.9. The smallest absolute Gasteiger partial charge is 0.310 e. The van der Waals surface area contributed by atoms with Crippen LogP contribution in [0.1, 0.15) is 6.42 Å². The van der Waals surface area contributed by atoms with Gasteiger partial charge >= 0.3 is 5.69 Å². The molecule has 0 aliphatic carbocycles. The zero-order valence-corrected chi connectivity index (χ0v) is 11.1. The maximum Gasteiger partial charge on any atom is 0.310 e. The largest absolute Gasteiger partial charge is 0.486 e. The lowest BCUT2D eigenvalue weighted by Crippen LogP contribution is -2.46. The van der Waals surface area contributed by atoms with Gasteiger partial charge in [-0.1, -0.05) is 12.1 Å². The number of benzene rings is 1. The van der Waals surface area contributed by atoms with Gasteiger partial charge < -0.3 is 15.0 Å². The number of ether oxygens (including phenoxy) is 1. The Kier molecular flexibility index (Phi) is 4.89. The number of rotatable bonds is 5. The summed E-state index contributed by atoms with van der Waals surface area (Å²) in [6.45, 7) is 3.15. The molecule has 1 N–H and O–H groups in total. The summed E-state index contributed by atoms with van der Waals surface area (Å²) in [5.41, 5.74) is -0.0814. The third kappa shape index (κ3) is 3.67. The van der Waals surface area contributed by atoms with Gasteiger partial charge in [0.1, 0.15) is 0 Å². The molecular formula is C13H17N3O4. The second-order valence-corrected chi connectivity index (χ2v) is 4.45. The van der Waals surface area contributed by atoms with Crippen molar-refractivity contribution >= 4 is 11.6 Å². The van der Waals surface area contributed by atoms with Gasteiger partial charge in [-0.3, -0.25) is 14.9 Å². The third-order valence-corrected chi connectivity index (χ3v) is 3.11. The van der Waals surface area contributed by atoms with E-state index in [0.29, 0.717) is 13.1 Å². The zero-order chi connectivity index (χ0) is 14.4. The fourth-order valence-corrected chi connectivity index (χ4v) is 2.05. The second-order valence-electron chi connectivity index (χ2n) is 4.45. The van der Waals surface area contributed by atoms with Gasteiger partial charge in [0.25, 0.3) is 0 Å². The number of hydrogen-bond donors (Lipinski definition) is 1. The number of carbonyl (C=O) groups is 1. The van der Waals surface area contributed by atoms with Crippen molar-refractivity contribution < 1.29 is 14.5 Å². The Balaban J connectivity index is 1.83. The van der Waals surface area contributed by atoms with Gasteiger partial charge in [0.05, 0.1) is 18.0 Å². The number of amides is 1. The van der Waals surface area contributed by atoms with Crippen LogP contribution in [-0.4, -0.2) is 48.5 Å². The number of hydrogen-bond acceptors (Lipinski definition) is 5. The number of nitrogens with one attached hydrogen (secondary N) is 1. The molecule has 0 radical (unpaired) electrons. The quantitative estimate of drug-likeness (QED) is 0.636. The summed E-state index contributed by atoms with van der Waals surface area (Å²) >= 11 is 0. The van der Waals surface area contributed by atoms with E-state index in [1.54, 1.807) is 17.0 Å². The van der Waals surface area contributed by atoms with Crippen molar-refractivity contribution in [3.63, 3.8) is 0 Å². The summed E-state index contributed by atoms with van der Waals surface area (Å²) in [7, 11) is 0. The number of carbonyl (C=O) groups excluding carboxylic acids is 1. The second kappa shape index (κ2) is 6.85. The van der Waals surface area contributed by atoms with Gasteiger partial charge in [-0.15, -0.1) is 0 Å². The van der Waals surface area contributed by atoms with E-state index in [-0.39, 0.29) is 30.4 Å². The first-order valence-corrected chi connectivity index (χ1v) is 6.53. The molecule has 1 aromatic rings. The monoisotopic (exact) mass is 279 g/mol. The number of piperazine rings is 1. The summed E-state index contributed by atoms with van der Waals surface area (Å²) in [6, 6.07) is 6.16. The Bertz CT molecular complexity index is 486. The van der Waals surface area contributed by atoms with Crippen molar-refractivity contribution in [1.82, 2.24) is 10.2 Å².